The molecule has 0 spiro atoms. The third-order valence-electron chi connectivity index (χ3n) is 2.66. The Morgan fingerprint density at radius 3 is 2.85 bits per heavy atom. The highest BCUT2D eigenvalue weighted by Gasteiger charge is 2.06. The van der Waals surface area contributed by atoms with Crippen LogP contribution in [0.2, 0.25) is 0 Å². The van der Waals surface area contributed by atoms with Crippen molar-refractivity contribution in [2.24, 2.45) is 0 Å². The van der Waals surface area contributed by atoms with Crippen molar-refractivity contribution in [2.75, 3.05) is 0 Å². The summed E-state index contributed by atoms with van der Waals surface area (Å²) in [5.74, 6) is 0. The van der Waals surface area contributed by atoms with Gasteiger partial charge in [0.15, 0.2) is 0 Å². The fraction of sp³-hybridized carbons (Fsp3) is 0.385. The fourth-order valence-electron chi connectivity index (χ4n) is 1.92. The highest BCUT2D eigenvalue weighted by atomic mass is 14.1. The third kappa shape index (κ3) is 2.21. The van der Waals surface area contributed by atoms with E-state index in [0.29, 0.717) is 0 Å². The van der Waals surface area contributed by atoms with Crippen molar-refractivity contribution >= 4 is 0 Å². The second-order valence-electron chi connectivity index (χ2n) is 3.66. The quantitative estimate of drug-likeness (QED) is 0.562. The van der Waals surface area contributed by atoms with E-state index >= 15 is 0 Å². The Morgan fingerprint density at radius 2 is 2.00 bits per heavy atom. The average molecular weight is 172 g/mol. The van der Waals surface area contributed by atoms with Gasteiger partial charge in [0.2, 0.25) is 0 Å². The van der Waals surface area contributed by atoms with Gasteiger partial charge >= 0.3 is 0 Å². The molecule has 2 aliphatic rings. The molecule has 0 fully saturated rings. The van der Waals surface area contributed by atoms with E-state index in [2.05, 4.69) is 36.5 Å². The van der Waals surface area contributed by atoms with Gasteiger partial charge in [-0.05, 0) is 43.3 Å². The summed E-state index contributed by atoms with van der Waals surface area (Å²) in [7, 11) is 0. The van der Waals surface area contributed by atoms with Gasteiger partial charge in [-0.25, -0.2) is 0 Å². The van der Waals surface area contributed by atoms with E-state index in [0.717, 1.165) is 6.42 Å². The van der Waals surface area contributed by atoms with Crippen LogP contribution >= 0.6 is 0 Å². The summed E-state index contributed by atoms with van der Waals surface area (Å²) in [4.78, 5) is 0. The minimum Gasteiger partial charge on any atom is -0.0807 e. The lowest BCUT2D eigenvalue weighted by Gasteiger charge is -2.13. The maximum atomic E-state index is 2.41. The Hall–Kier alpha value is -1.04. The molecule has 0 aliphatic heterocycles. The zero-order valence-corrected chi connectivity index (χ0v) is 8.00. The molecule has 68 valence electrons. The molecule has 0 atom stereocenters. The number of hydrogen-bond donors (Lipinski definition) is 0. The van der Waals surface area contributed by atoms with E-state index in [9.17, 15) is 0 Å². The highest BCUT2D eigenvalue weighted by Crippen LogP contribution is 2.25. The molecular weight excluding hydrogens is 156 g/mol. The number of rotatable bonds is 1. The molecule has 0 aromatic carbocycles. The molecule has 0 heterocycles. The SMILES string of the molecule is C1=CCC=C(C2=CCCCC2)C=C1. The minimum atomic E-state index is 1.08. The molecule has 0 amide bonds. The van der Waals surface area contributed by atoms with E-state index in [-0.39, 0.29) is 0 Å². The van der Waals surface area contributed by atoms with Gasteiger partial charge in [-0.2, -0.15) is 0 Å². The van der Waals surface area contributed by atoms with Gasteiger partial charge in [-0.1, -0.05) is 36.5 Å². The van der Waals surface area contributed by atoms with Crippen LogP contribution in [0.3, 0.4) is 0 Å². The van der Waals surface area contributed by atoms with Crippen LogP contribution in [-0.4, -0.2) is 0 Å². The van der Waals surface area contributed by atoms with Crippen LogP contribution in [0.5, 0.6) is 0 Å². The number of hydrogen-bond acceptors (Lipinski definition) is 0. The Bertz CT molecular complexity index is 287. The first-order valence-electron chi connectivity index (χ1n) is 5.19. The zero-order valence-electron chi connectivity index (χ0n) is 8.00. The molecule has 2 rings (SSSR count). The summed E-state index contributed by atoms with van der Waals surface area (Å²) in [6.07, 6.45) is 19.8. The smallest absolute Gasteiger partial charge is 0.0157 e. The Labute approximate surface area is 80.3 Å². The first kappa shape index (κ1) is 8.55. The third-order valence-corrected chi connectivity index (χ3v) is 2.66. The lowest BCUT2D eigenvalue weighted by molar-refractivity contribution is 0.708. The predicted molar refractivity (Wildman–Crippen MR) is 57.5 cm³/mol. The maximum absolute atomic E-state index is 2.41. The van der Waals surface area contributed by atoms with Gasteiger partial charge < -0.3 is 0 Å². The van der Waals surface area contributed by atoms with Crippen LogP contribution < -0.4 is 0 Å². The molecular formula is C13H16. The Balaban J connectivity index is 2.15. The van der Waals surface area contributed by atoms with Crippen molar-refractivity contribution in [2.45, 2.75) is 32.1 Å². The number of allylic oxidation sites excluding steroid dienone is 8. The lowest BCUT2D eigenvalue weighted by atomic mass is 9.93. The molecule has 0 aromatic heterocycles. The minimum absolute atomic E-state index is 1.08. The predicted octanol–water partition coefficient (Wildman–Crippen LogP) is 3.93. The largest absolute Gasteiger partial charge is 0.0807 e. The topological polar surface area (TPSA) is 0 Å². The molecule has 0 N–H and O–H groups in total. The maximum Gasteiger partial charge on any atom is -0.0157 e. The van der Waals surface area contributed by atoms with E-state index in [1.54, 1.807) is 5.57 Å². The van der Waals surface area contributed by atoms with Crippen molar-refractivity contribution in [3.63, 3.8) is 0 Å². The highest BCUT2D eigenvalue weighted by molar-refractivity contribution is 5.42. The van der Waals surface area contributed by atoms with Gasteiger partial charge in [0.1, 0.15) is 0 Å². The summed E-state index contributed by atoms with van der Waals surface area (Å²) in [5, 5.41) is 0. The van der Waals surface area contributed by atoms with Gasteiger partial charge in [0.05, 0.1) is 0 Å². The Kier molecular flexibility index (Phi) is 2.81. The van der Waals surface area contributed by atoms with E-state index < -0.39 is 0 Å². The standard InChI is InChI=1S/C13H16/c1-2-5-9-12(8-4-1)13-10-6-3-7-11-13/h1-2,4,8-10H,3,5-7,11H2. The molecule has 0 aromatic rings. The first-order valence-corrected chi connectivity index (χ1v) is 5.19. The van der Waals surface area contributed by atoms with Crippen LogP contribution in [0.15, 0.2) is 47.6 Å². The summed E-state index contributed by atoms with van der Waals surface area (Å²) in [5.41, 5.74) is 3.01. The van der Waals surface area contributed by atoms with Crippen LogP contribution in [0, 0.1) is 0 Å². The van der Waals surface area contributed by atoms with Crippen molar-refractivity contribution in [3.8, 4) is 0 Å². The van der Waals surface area contributed by atoms with Crippen molar-refractivity contribution in [3.05, 3.63) is 47.6 Å². The van der Waals surface area contributed by atoms with Crippen molar-refractivity contribution in [1.29, 1.82) is 0 Å². The van der Waals surface area contributed by atoms with E-state index in [1.165, 1.54) is 31.3 Å². The molecule has 0 radical (unpaired) electrons. The summed E-state index contributed by atoms with van der Waals surface area (Å²) >= 11 is 0. The van der Waals surface area contributed by atoms with E-state index in [1.807, 2.05) is 0 Å². The van der Waals surface area contributed by atoms with Gasteiger partial charge in [-0.15, -0.1) is 0 Å². The summed E-state index contributed by atoms with van der Waals surface area (Å²) in [6.45, 7) is 0. The van der Waals surface area contributed by atoms with Crippen LogP contribution in [-0.2, 0) is 0 Å². The first-order chi connectivity index (χ1) is 6.47. The van der Waals surface area contributed by atoms with Gasteiger partial charge in [-0.3, -0.25) is 0 Å². The lowest BCUT2D eigenvalue weighted by Crippen LogP contribution is -1.93. The fourth-order valence-corrected chi connectivity index (χ4v) is 1.92. The molecule has 0 saturated heterocycles. The molecule has 0 unspecified atom stereocenters. The summed E-state index contributed by atoms with van der Waals surface area (Å²) < 4.78 is 0. The second-order valence-corrected chi connectivity index (χ2v) is 3.66. The molecule has 0 heteroatoms. The molecule has 0 bridgehead atoms. The molecule has 2 aliphatic carbocycles. The Morgan fingerprint density at radius 1 is 1.00 bits per heavy atom. The molecule has 0 nitrogen and oxygen atoms in total. The monoisotopic (exact) mass is 172 g/mol. The summed E-state index contributed by atoms with van der Waals surface area (Å²) in [6, 6.07) is 0. The normalized spacial score (nSPS) is 22.2. The van der Waals surface area contributed by atoms with Crippen LogP contribution in [0.1, 0.15) is 32.1 Å². The van der Waals surface area contributed by atoms with Crippen LogP contribution in [0.25, 0.3) is 0 Å². The van der Waals surface area contributed by atoms with E-state index in [4.69, 9.17) is 0 Å². The van der Waals surface area contributed by atoms with Gasteiger partial charge in [0, 0.05) is 0 Å². The second kappa shape index (κ2) is 4.27. The van der Waals surface area contributed by atoms with Crippen LogP contribution in [0.4, 0.5) is 0 Å². The van der Waals surface area contributed by atoms with Crippen molar-refractivity contribution in [1.82, 2.24) is 0 Å². The average Bonchev–Trinajstić information content (AvgIpc) is 2.47. The molecule has 13 heavy (non-hydrogen) atoms. The van der Waals surface area contributed by atoms with Crippen molar-refractivity contribution < 1.29 is 0 Å². The van der Waals surface area contributed by atoms with Gasteiger partial charge in [0.25, 0.3) is 0 Å². The zero-order chi connectivity index (χ0) is 8.93. The molecule has 0 saturated carbocycles.